The van der Waals surface area contributed by atoms with Crippen LogP contribution in [0, 0.1) is 0 Å². The Morgan fingerprint density at radius 2 is 2.00 bits per heavy atom. The van der Waals surface area contributed by atoms with Gasteiger partial charge >= 0.3 is 12.1 Å². The average molecular weight is 243 g/mol. The molecule has 0 aromatic rings. The first kappa shape index (κ1) is 13.5. The molecule has 1 heterocycles. The van der Waals surface area contributed by atoms with Crippen LogP contribution in [0.15, 0.2) is 0 Å². The minimum atomic E-state index is -1.76. The van der Waals surface area contributed by atoms with Gasteiger partial charge in [-0.25, -0.2) is 9.59 Å². The molecule has 0 bridgehead atoms. The normalized spacial score (nSPS) is 24.5. The van der Waals surface area contributed by atoms with Crippen molar-refractivity contribution in [2.24, 2.45) is 0 Å². The van der Waals surface area contributed by atoms with Crippen molar-refractivity contribution in [1.29, 1.82) is 0 Å². The van der Waals surface area contributed by atoms with E-state index in [2.05, 4.69) is 0 Å². The van der Waals surface area contributed by atoms with Gasteiger partial charge in [-0.15, -0.1) is 0 Å². The lowest BCUT2D eigenvalue weighted by Crippen LogP contribution is -2.55. The van der Waals surface area contributed by atoms with Crippen molar-refractivity contribution in [2.75, 3.05) is 6.54 Å². The highest BCUT2D eigenvalue weighted by molar-refractivity contribution is 6.00. The molecule has 1 fully saturated rings. The van der Waals surface area contributed by atoms with Crippen LogP contribution in [-0.2, 0) is 14.3 Å². The van der Waals surface area contributed by atoms with Crippen molar-refractivity contribution in [3.05, 3.63) is 0 Å². The Bertz CT molecular complexity index is 346. The average Bonchev–Trinajstić information content (AvgIpc) is 2.59. The highest BCUT2D eigenvalue weighted by atomic mass is 16.6. The van der Waals surface area contributed by atoms with Crippen LogP contribution in [0.1, 0.15) is 33.6 Å². The third-order valence-corrected chi connectivity index (χ3v) is 2.60. The second-order valence-electron chi connectivity index (χ2n) is 5.08. The van der Waals surface area contributed by atoms with Crippen molar-refractivity contribution in [2.45, 2.75) is 44.8 Å². The first-order chi connectivity index (χ1) is 7.73. The number of nitrogens with zero attached hydrogens (tertiary/aromatic N) is 1. The Labute approximate surface area is 99.5 Å². The SMILES string of the molecule is CC(C)(C)OC(=O)N1CCC[C@@]1(C=O)C(=O)O. The molecule has 6 nitrogen and oxygen atoms in total. The van der Waals surface area contributed by atoms with Gasteiger partial charge in [-0.1, -0.05) is 0 Å². The maximum absolute atomic E-state index is 11.8. The van der Waals surface area contributed by atoms with Gasteiger partial charge in [0.1, 0.15) is 5.60 Å². The summed E-state index contributed by atoms with van der Waals surface area (Å²) in [7, 11) is 0. The summed E-state index contributed by atoms with van der Waals surface area (Å²) in [6, 6.07) is 0. The molecule has 1 atom stereocenters. The number of carboxylic acid groups (broad SMARTS) is 1. The summed E-state index contributed by atoms with van der Waals surface area (Å²) in [5.41, 5.74) is -2.48. The summed E-state index contributed by atoms with van der Waals surface area (Å²) in [6.45, 7) is 5.28. The summed E-state index contributed by atoms with van der Waals surface area (Å²) in [5.74, 6) is -1.31. The molecule has 6 heteroatoms. The number of carbonyl (C=O) groups excluding carboxylic acids is 2. The number of amides is 1. The van der Waals surface area contributed by atoms with E-state index in [4.69, 9.17) is 9.84 Å². The van der Waals surface area contributed by atoms with E-state index in [9.17, 15) is 14.4 Å². The predicted molar refractivity (Wildman–Crippen MR) is 58.6 cm³/mol. The lowest BCUT2D eigenvalue weighted by atomic mass is 9.99. The zero-order valence-corrected chi connectivity index (χ0v) is 10.2. The molecule has 1 N–H and O–H groups in total. The second-order valence-corrected chi connectivity index (χ2v) is 5.08. The first-order valence-electron chi connectivity index (χ1n) is 5.43. The Balaban J connectivity index is 2.93. The van der Waals surface area contributed by atoms with E-state index in [-0.39, 0.29) is 13.0 Å². The summed E-state index contributed by atoms with van der Waals surface area (Å²) < 4.78 is 5.09. The van der Waals surface area contributed by atoms with Gasteiger partial charge in [-0.3, -0.25) is 4.90 Å². The van der Waals surface area contributed by atoms with E-state index in [1.165, 1.54) is 0 Å². The first-order valence-corrected chi connectivity index (χ1v) is 5.43. The molecule has 1 aliphatic heterocycles. The summed E-state index contributed by atoms with van der Waals surface area (Å²) in [5, 5.41) is 9.10. The largest absolute Gasteiger partial charge is 0.479 e. The Hall–Kier alpha value is -1.59. The van der Waals surface area contributed by atoms with Gasteiger partial charge in [0.2, 0.25) is 0 Å². The lowest BCUT2D eigenvalue weighted by molar-refractivity contribution is -0.151. The maximum Gasteiger partial charge on any atom is 0.411 e. The molecule has 1 amide bonds. The molecule has 0 spiro atoms. The number of aliphatic carboxylic acids is 1. The highest BCUT2D eigenvalue weighted by Crippen LogP contribution is 2.29. The summed E-state index contributed by atoms with van der Waals surface area (Å²) in [4.78, 5) is 35.0. The molecule has 0 aliphatic carbocycles. The fourth-order valence-electron chi connectivity index (χ4n) is 1.81. The van der Waals surface area contributed by atoms with E-state index >= 15 is 0 Å². The minimum Gasteiger partial charge on any atom is -0.479 e. The fraction of sp³-hybridized carbons (Fsp3) is 0.727. The van der Waals surface area contributed by atoms with Gasteiger partial charge < -0.3 is 14.6 Å². The molecule has 0 radical (unpaired) electrons. The predicted octanol–water partition coefficient (Wildman–Crippen LogP) is 1.04. The zero-order chi connectivity index (χ0) is 13.3. The molecule has 96 valence electrons. The van der Waals surface area contributed by atoms with Crippen LogP contribution in [0.4, 0.5) is 4.79 Å². The maximum atomic E-state index is 11.8. The van der Waals surface area contributed by atoms with Crippen molar-refractivity contribution < 1.29 is 24.2 Å². The summed E-state index contributed by atoms with van der Waals surface area (Å²) in [6.07, 6.45) is 0.159. The molecule has 0 aromatic carbocycles. The lowest BCUT2D eigenvalue weighted by Gasteiger charge is -2.31. The van der Waals surface area contributed by atoms with Crippen LogP contribution in [0.5, 0.6) is 0 Å². The molecule has 1 rings (SSSR count). The molecule has 17 heavy (non-hydrogen) atoms. The number of hydrogen-bond donors (Lipinski definition) is 1. The molecular weight excluding hydrogens is 226 g/mol. The molecule has 0 unspecified atom stereocenters. The molecule has 0 aromatic heterocycles. The summed E-state index contributed by atoms with van der Waals surface area (Å²) >= 11 is 0. The monoisotopic (exact) mass is 243 g/mol. The minimum absolute atomic E-state index is 0.130. The van der Waals surface area contributed by atoms with E-state index in [0.29, 0.717) is 12.7 Å². The van der Waals surface area contributed by atoms with Crippen molar-refractivity contribution in [3.8, 4) is 0 Å². The van der Waals surface area contributed by atoms with Gasteiger partial charge in [-0.05, 0) is 33.6 Å². The fourth-order valence-corrected chi connectivity index (χ4v) is 1.81. The smallest absolute Gasteiger partial charge is 0.411 e. The van der Waals surface area contributed by atoms with Crippen LogP contribution in [0.2, 0.25) is 0 Å². The Kier molecular flexibility index (Phi) is 3.45. The molecule has 1 aliphatic rings. The number of rotatable bonds is 2. The number of ether oxygens (including phenoxy) is 1. The molecular formula is C11H17NO5. The Morgan fingerprint density at radius 3 is 2.41 bits per heavy atom. The zero-order valence-electron chi connectivity index (χ0n) is 10.2. The standard InChI is InChI=1S/C11H17NO5/c1-10(2,3)17-9(16)12-6-4-5-11(12,7-13)8(14)15/h7H,4-6H2,1-3H3,(H,14,15)/t11-/m1/s1. The van der Waals surface area contributed by atoms with Gasteiger partial charge in [0, 0.05) is 6.54 Å². The Morgan fingerprint density at radius 1 is 1.41 bits per heavy atom. The quantitative estimate of drug-likeness (QED) is 0.578. The van der Waals surface area contributed by atoms with Crippen LogP contribution < -0.4 is 0 Å². The van der Waals surface area contributed by atoms with Crippen molar-refractivity contribution in [1.82, 2.24) is 4.90 Å². The van der Waals surface area contributed by atoms with Crippen LogP contribution in [0.3, 0.4) is 0 Å². The number of likely N-dealkylation sites (tertiary alicyclic amines) is 1. The van der Waals surface area contributed by atoms with Gasteiger partial charge in [0.15, 0.2) is 11.8 Å². The van der Waals surface area contributed by atoms with E-state index in [0.717, 1.165) is 4.90 Å². The van der Waals surface area contributed by atoms with Gasteiger partial charge in [0.25, 0.3) is 0 Å². The van der Waals surface area contributed by atoms with Crippen molar-refractivity contribution >= 4 is 18.3 Å². The third kappa shape index (κ3) is 2.57. The number of hydrogen-bond acceptors (Lipinski definition) is 4. The number of carboxylic acids is 1. The third-order valence-electron chi connectivity index (χ3n) is 2.60. The topological polar surface area (TPSA) is 83.9 Å². The van der Waals surface area contributed by atoms with Gasteiger partial charge in [-0.2, -0.15) is 0 Å². The molecule has 0 saturated carbocycles. The second kappa shape index (κ2) is 4.35. The number of aldehydes is 1. The van der Waals surface area contributed by atoms with Crippen LogP contribution in [0.25, 0.3) is 0 Å². The molecule has 1 saturated heterocycles. The van der Waals surface area contributed by atoms with Crippen molar-refractivity contribution in [3.63, 3.8) is 0 Å². The highest BCUT2D eigenvalue weighted by Gasteiger charge is 2.51. The van der Waals surface area contributed by atoms with E-state index in [1.807, 2.05) is 0 Å². The van der Waals surface area contributed by atoms with Crippen LogP contribution in [-0.4, -0.2) is 46.0 Å². The van der Waals surface area contributed by atoms with Gasteiger partial charge in [0.05, 0.1) is 0 Å². The van der Waals surface area contributed by atoms with E-state index < -0.39 is 23.2 Å². The number of carbonyl (C=O) groups is 3. The van der Waals surface area contributed by atoms with E-state index in [1.54, 1.807) is 20.8 Å². The van der Waals surface area contributed by atoms with Crippen LogP contribution >= 0.6 is 0 Å².